The largest absolute Gasteiger partial charge is 0.483 e. The zero-order chi connectivity index (χ0) is 25.5. The Kier molecular flexibility index (Phi) is 6.00. The van der Waals surface area contributed by atoms with Gasteiger partial charge in [0.05, 0.1) is 16.0 Å². The number of nitrogens with zero attached hydrogens (tertiary/aromatic N) is 4. The lowest BCUT2D eigenvalue weighted by Crippen LogP contribution is -2.30. The van der Waals surface area contributed by atoms with Crippen molar-refractivity contribution in [1.29, 1.82) is 0 Å². The fourth-order valence-corrected chi connectivity index (χ4v) is 5.55. The molecule has 0 saturated heterocycles. The molecular formula is C22H18F3N5O4S2. The van der Waals surface area contributed by atoms with Crippen LogP contribution in [0.15, 0.2) is 59.9 Å². The molecule has 0 spiro atoms. The number of fused-ring (bicyclic) bond motifs is 2. The van der Waals surface area contributed by atoms with Gasteiger partial charge >= 0.3 is 6.18 Å². The second-order valence-electron chi connectivity index (χ2n) is 7.83. The summed E-state index contributed by atoms with van der Waals surface area (Å²) in [6.45, 7) is -0.000880. The predicted molar refractivity (Wildman–Crippen MR) is 126 cm³/mol. The van der Waals surface area contributed by atoms with Crippen molar-refractivity contribution in [3.05, 3.63) is 71.7 Å². The second-order valence-corrected chi connectivity index (χ2v) is 10.3. The number of anilines is 1. The summed E-state index contributed by atoms with van der Waals surface area (Å²) in [6, 6.07) is 9.59. The minimum atomic E-state index is -4.58. The third-order valence-corrected chi connectivity index (χ3v) is 7.58. The standard InChI is InChI=1S/C22H16F3N5O4S2.H2/c23-22(24,25)17-3-1-2-16-18(6-7-26-20(16)17)34-11-19(31)30-9-13-4-5-15(8-14(13)10-30)36(32,33)29-21-27-12-28-35-21;/h1-8,12H,9-11H2,(H,27,28,29);1H. The lowest BCUT2D eigenvalue weighted by atomic mass is 10.1. The van der Waals surface area contributed by atoms with E-state index in [0.717, 1.165) is 23.2 Å². The first-order valence-electron chi connectivity index (χ1n) is 10.4. The van der Waals surface area contributed by atoms with Crippen LogP contribution in [0, 0.1) is 0 Å². The van der Waals surface area contributed by atoms with Gasteiger partial charge in [-0.15, -0.1) is 0 Å². The van der Waals surface area contributed by atoms with Gasteiger partial charge in [-0.05, 0) is 41.5 Å². The number of para-hydroxylation sites is 1. The number of amides is 1. The number of alkyl halides is 3. The van der Waals surface area contributed by atoms with Crippen molar-refractivity contribution in [3.63, 3.8) is 0 Å². The minimum absolute atomic E-state index is 0. The average Bonchev–Trinajstić information content (AvgIpc) is 3.50. The van der Waals surface area contributed by atoms with E-state index in [9.17, 15) is 26.4 Å². The normalized spacial score (nSPS) is 13.6. The maximum absolute atomic E-state index is 13.3. The molecule has 2 aromatic carbocycles. The molecule has 0 unspecified atom stereocenters. The van der Waals surface area contributed by atoms with E-state index in [1.54, 1.807) is 6.07 Å². The summed E-state index contributed by atoms with van der Waals surface area (Å²) >= 11 is 0.903. The lowest BCUT2D eigenvalue weighted by Gasteiger charge is -2.17. The van der Waals surface area contributed by atoms with Crippen molar-refractivity contribution >= 4 is 43.5 Å². The minimum Gasteiger partial charge on any atom is -0.483 e. The molecule has 1 aliphatic heterocycles. The maximum Gasteiger partial charge on any atom is 0.418 e. The number of ether oxygens (including phenoxy) is 1. The van der Waals surface area contributed by atoms with Crippen LogP contribution in [0.3, 0.4) is 0 Å². The lowest BCUT2D eigenvalue weighted by molar-refractivity contribution is -0.136. The van der Waals surface area contributed by atoms with Crippen molar-refractivity contribution in [2.75, 3.05) is 11.3 Å². The molecule has 0 saturated carbocycles. The fourth-order valence-electron chi connectivity index (χ4n) is 3.84. The summed E-state index contributed by atoms with van der Waals surface area (Å²) in [5, 5.41) is 0.276. The molecule has 188 valence electrons. The zero-order valence-corrected chi connectivity index (χ0v) is 19.8. The highest BCUT2D eigenvalue weighted by atomic mass is 32.2. The summed E-state index contributed by atoms with van der Waals surface area (Å²) in [5.74, 6) is -0.299. The first-order chi connectivity index (χ1) is 17.1. The molecule has 9 nitrogen and oxygen atoms in total. The molecule has 5 rings (SSSR count). The van der Waals surface area contributed by atoms with Crippen LogP contribution >= 0.6 is 11.5 Å². The van der Waals surface area contributed by atoms with Gasteiger partial charge in [-0.1, -0.05) is 12.1 Å². The van der Waals surface area contributed by atoms with Gasteiger partial charge < -0.3 is 9.64 Å². The number of carbonyl (C=O) groups excluding carboxylic acids is 1. The van der Waals surface area contributed by atoms with E-state index in [2.05, 4.69) is 19.1 Å². The number of halogens is 3. The monoisotopic (exact) mass is 537 g/mol. The van der Waals surface area contributed by atoms with E-state index in [-0.39, 0.29) is 41.2 Å². The Bertz CT molecular complexity index is 1570. The number of pyridine rings is 1. The highest BCUT2D eigenvalue weighted by Crippen LogP contribution is 2.36. The van der Waals surface area contributed by atoms with Crippen LogP contribution in [0.2, 0.25) is 0 Å². The van der Waals surface area contributed by atoms with E-state index >= 15 is 0 Å². The fraction of sp³-hybridized carbons (Fsp3) is 0.182. The van der Waals surface area contributed by atoms with Gasteiger partial charge in [0.15, 0.2) is 6.61 Å². The summed E-state index contributed by atoms with van der Waals surface area (Å²) in [7, 11) is -3.88. The van der Waals surface area contributed by atoms with Crippen molar-refractivity contribution in [1.82, 2.24) is 19.2 Å². The molecule has 1 amide bonds. The number of nitrogens with one attached hydrogen (secondary N) is 1. The molecule has 0 radical (unpaired) electrons. The summed E-state index contributed by atoms with van der Waals surface area (Å²) in [5.41, 5.74) is 0.285. The number of carbonyl (C=O) groups is 1. The molecule has 0 fully saturated rings. The molecule has 1 aliphatic rings. The van der Waals surface area contributed by atoms with Crippen molar-refractivity contribution in [2.24, 2.45) is 0 Å². The Morgan fingerprint density at radius 1 is 1.14 bits per heavy atom. The van der Waals surface area contributed by atoms with Gasteiger partial charge in [0.25, 0.3) is 15.9 Å². The van der Waals surface area contributed by atoms with Crippen LogP contribution in [0.5, 0.6) is 5.75 Å². The van der Waals surface area contributed by atoms with E-state index in [1.165, 1.54) is 47.8 Å². The summed E-state index contributed by atoms with van der Waals surface area (Å²) < 4.78 is 76.8. The van der Waals surface area contributed by atoms with E-state index in [4.69, 9.17) is 4.74 Å². The number of hydrogen-bond donors (Lipinski definition) is 1. The average molecular weight is 538 g/mol. The third kappa shape index (κ3) is 4.68. The van der Waals surface area contributed by atoms with Crippen LogP contribution in [0.1, 0.15) is 18.1 Å². The number of aromatic nitrogens is 3. The maximum atomic E-state index is 13.3. The topological polar surface area (TPSA) is 114 Å². The van der Waals surface area contributed by atoms with Crippen LogP contribution in [-0.4, -0.2) is 40.2 Å². The number of benzene rings is 2. The quantitative estimate of drug-likeness (QED) is 0.394. The Morgan fingerprint density at radius 2 is 1.94 bits per heavy atom. The SMILES string of the molecule is O=C(COc1ccnc2c(C(F)(F)F)cccc12)N1Cc2ccc(S(=O)(=O)Nc3ncns3)cc2C1.[HH]. The Labute approximate surface area is 208 Å². The molecule has 2 aromatic heterocycles. The van der Waals surface area contributed by atoms with Crippen LogP contribution < -0.4 is 9.46 Å². The third-order valence-electron chi connectivity index (χ3n) is 5.53. The Morgan fingerprint density at radius 3 is 2.69 bits per heavy atom. The molecule has 0 bridgehead atoms. The van der Waals surface area contributed by atoms with Crippen molar-refractivity contribution < 1.29 is 32.5 Å². The Hall–Kier alpha value is -3.78. The molecule has 0 aliphatic carbocycles. The molecule has 36 heavy (non-hydrogen) atoms. The van der Waals surface area contributed by atoms with E-state index in [1.807, 2.05) is 0 Å². The van der Waals surface area contributed by atoms with Crippen molar-refractivity contribution in [3.8, 4) is 5.75 Å². The Balaban J connectivity index is 0.00000320. The molecule has 1 N–H and O–H groups in total. The zero-order valence-electron chi connectivity index (χ0n) is 18.2. The first kappa shape index (κ1) is 23.9. The molecule has 3 heterocycles. The summed E-state index contributed by atoms with van der Waals surface area (Å²) in [4.78, 5) is 21.9. The number of sulfonamides is 1. The van der Waals surface area contributed by atoms with Crippen LogP contribution in [0.4, 0.5) is 18.3 Å². The highest BCUT2D eigenvalue weighted by Gasteiger charge is 2.33. The van der Waals surface area contributed by atoms with Crippen LogP contribution in [-0.2, 0) is 34.1 Å². The first-order valence-corrected chi connectivity index (χ1v) is 12.6. The van der Waals surface area contributed by atoms with Gasteiger partial charge in [0.1, 0.15) is 12.1 Å². The second kappa shape index (κ2) is 9.02. The highest BCUT2D eigenvalue weighted by molar-refractivity contribution is 7.93. The summed E-state index contributed by atoms with van der Waals surface area (Å²) in [6.07, 6.45) is -2.15. The molecule has 0 atom stereocenters. The van der Waals surface area contributed by atoms with E-state index in [0.29, 0.717) is 5.56 Å². The molecule has 14 heteroatoms. The van der Waals surface area contributed by atoms with Gasteiger partial charge in [0, 0.05) is 37.6 Å². The van der Waals surface area contributed by atoms with Crippen molar-refractivity contribution in [2.45, 2.75) is 24.2 Å². The van der Waals surface area contributed by atoms with E-state index < -0.39 is 34.3 Å². The van der Waals surface area contributed by atoms with Crippen LogP contribution in [0.25, 0.3) is 10.9 Å². The van der Waals surface area contributed by atoms with Gasteiger partial charge in [0.2, 0.25) is 5.13 Å². The van der Waals surface area contributed by atoms with Gasteiger partial charge in [-0.3, -0.25) is 14.5 Å². The smallest absolute Gasteiger partial charge is 0.418 e. The number of hydrogen-bond acceptors (Lipinski definition) is 8. The van der Waals surface area contributed by atoms with Gasteiger partial charge in [-0.2, -0.15) is 17.5 Å². The predicted octanol–water partition coefficient (Wildman–Crippen LogP) is 4.07. The molecule has 4 aromatic rings. The molecular weight excluding hydrogens is 519 g/mol. The number of rotatable bonds is 6. The van der Waals surface area contributed by atoms with Gasteiger partial charge in [-0.25, -0.2) is 13.4 Å².